The second-order valence-corrected chi connectivity index (χ2v) is 8.52. The van der Waals surface area contributed by atoms with E-state index in [4.69, 9.17) is 14.2 Å². The number of aryl methyl sites for hydroxylation is 2. The van der Waals surface area contributed by atoms with Gasteiger partial charge in [0.2, 0.25) is 0 Å². The van der Waals surface area contributed by atoms with Crippen molar-refractivity contribution in [3.63, 3.8) is 0 Å². The number of hydrogen-bond donors (Lipinski definition) is 1. The molecule has 1 aliphatic carbocycles. The van der Waals surface area contributed by atoms with Gasteiger partial charge in [0.1, 0.15) is 22.8 Å². The van der Waals surface area contributed by atoms with Gasteiger partial charge in [-0.15, -0.1) is 0 Å². The zero-order valence-corrected chi connectivity index (χ0v) is 17.4. The summed E-state index contributed by atoms with van der Waals surface area (Å²) < 4.78 is 17.2. The monoisotopic (exact) mass is 395 g/mol. The zero-order valence-electron chi connectivity index (χ0n) is 17.4. The van der Waals surface area contributed by atoms with E-state index in [0.29, 0.717) is 6.42 Å². The highest BCUT2D eigenvalue weighted by Crippen LogP contribution is 2.41. The van der Waals surface area contributed by atoms with E-state index in [9.17, 15) is 4.79 Å². The normalized spacial score (nSPS) is 19.3. The van der Waals surface area contributed by atoms with E-state index < -0.39 is 0 Å². The van der Waals surface area contributed by atoms with Crippen LogP contribution in [0.2, 0.25) is 0 Å². The van der Waals surface area contributed by atoms with Crippen LogP contribution in [0.1, 0.15) is 55.8 Å². The SMILES string of the molecule is COc1ccc2c(c1)OC(C)(C)C[C@@H]2NC(=O)COc1ccc2c(c1)CCCC2. The number of carbonyl (C=O) groups is 1. The Kier molecular flexibility index (Phi) is 5.39. The van der Waals surface area contributed by atoms with E-state index in [0.717, 1.165) is 35.7 Å². The number of amides is 1. The molecule has 0 saturated heterocycles. The molecule has 2 aliphatic rings. The Morgan fingerprint density at radius 1 is 1.10 bits per heavy atom. The van der Waals surface area contributed by atoms with Crippen LogP contribution < -0.4 is 19.5 Å². The molecular formula is C24H29NO4. The maximum absolute atomic E-state index is 12.6. The lowest BCUT2D eigenvalue weighted by atomic mass is 9.89. The maximum atomic E-state index is 12.6. The fourth-order valence-electron chi connectivity index (χ4n) is 4.27. The number of fused-ring (bicyclic) bond motifs is 2. The van der Waals surface area contributed by atoms with Crippen molar-refractivity contribution < 1.29 is 19.0 Å². The Bertz CT molecular complexity index is 906. The third-order valence-corrected chi connectivity index (χ3v) is 5.70. The van der Waals surface area contributed by atoms with Gasteiger partial charge < -0.3 is 19.5 Å². The van der Waals surface area contributed by atoms with Crippen LogP contribution in [0.4, 0.5) is 0 Å². The first-order chi connectivity index (χ1) is 13.9. The molecule has 0 aromatic heterocycles. The summed E-state index contributed by atoms with van der Waals surface area (Å²) in [5.41, 5.74) is 3.34. The topological polar surface area (TPSA) is 56.8 Å². The third-order valence-electron chi connectivity index (χ3n) is 5.70. The average Bonchev–Trinajstić information content (AvgIpc) is 2.70. The largest absolute Gasteiger partial charge is 0.497 e. The zero-order chi connectivity index (χ0) is 20.4. The van der Waals surface area contributed by atoms with Crippen molar-refractivity contribution in [1.82, 2.24) is 5.32 Å². The van der Waals surface area contributed by atoms with Crippen LogP contribution in [0.3, 0.4) is 0 Å². The smallest absolute Gasteiger partial charge is 0.258 e. The highest BCUT2D eigenvalue weighted by molar-refractivity contribution is 5.78. The summed E-state index contributed by atoms with van der Waals surface area (Å²) in [6.45, 7) is 4.05. The number of hydrogen-bond acceptors (Lipinski definition) is 4. The molecule has 2 aromatic carbocycles. The van der Waals surface area contributed by atoms with Crippen LogP contribution in [-0.2, 0) is 17.6 Å². The van der Waals surface area contributed by atoms with E-state index in [-0.39, 0.29) is 24.2 Å². The van der Waals surface area contributed by atoms with E-state index in [1.807, 2.05) is 38.1 Å². The summed E-state index contributed by atoms with van der Waals surface area (Å²) in [5.74, 6) is 2.12. The fourth-order valence-corrected chi connectivity index (χ4v) is 4.27. The molecule has 0 radical (unpaired) electrons. The Balaban J connectivity index is 1.42. The summed E-state index contributed by atoms with van der Waals surface area (Å²) >= 11 is 0. The molecule has 29 heavy (non-hydrogen) atoms. The van der Waals surface area contributed by atoms with Gasteiger partial charge in [-0.05, 0) is 74.9 Å². The second-order valence-electron chi connectivity index (χ2n) is 8.52. The highest BCUT2D eigenvalue weighted by Gasteiger charge is 2.34. The van der Waals surface area contributed by atoms with Crippen LogP contribution in [0.25, 0.3) is 0 Å². The van der Waals surface area contributed by atoms with E-state index in [2.05, 4.69) is 17.4 Å². The standard InChI is InChI=1S/C24H29NO4/c1-24(2)14-21(20-11-10-18(27-3)13-22(20)29-24)25-23(26)15-28-19-9-8-16-6-4-5-7-17(16)12-19/h8-13,21H,4-7,14-15H2,1-3H3,(H,25,26)/t21-/m0/s1. The van der Waals surface area contributed by atoms with Gasteiger partial charge in [0, 0.05) is 18.1 Å². The van der Waals surface area contributed by atoms with Crippen molar-refractivity contribution >= 4 is 5.91 Å². The number of methoxy groups -OCH3 is 1. The van der Waals surface area contributed by atoms with E-state index >= 15 is 0 Å². The molecule has 2 aromatic rings. The van der Waals surface area contributed by atoms with E-state index in [1.165, 1.54) is 24.0 Å². The first-order valence-corrected chi connectivity index (χ1v) is 10.3. The molecule has 154 valence electrons. The molecule has 1 heterocycles. The van der Waals surface area contributed by atoms with Gasteiger partial charge in [-0.1, -0.05) is 6.07 Å². The summed E-state index contributed by atoms with van der Waals surface area (Å²) in [6.07, 6.45) is 5.40. The molecule has 5 nitrogen and oxygen atoms in total. The van der Waals surface area contributed by atoms with Crippen molar-refractivity contribution in [1.29, 1.82) is 0 Å². The Morgan fingerprint density at radius 3 is 2.66 bits per heavy atom. The average molecular weight is 395 g/mol. The highest BCUT2D eigenvalue weighted by atomic mass is 16.5. The molecular weight excluding hydrogens is 366 g/mol. The summed E-state index contributed by atoms with van der Waals surface area (Å²) in [6, 6.07) is 11.8. The molecule has 4 rings (SSSR count). The van der Waals surface area contributed by atoms with Gasteiger partial charge in [-0.2, -0.15) is 0 Å². The van der Waals surface area contributed by atoms with Crippen molar-refractivity contribution in [2.75, 3.05) is 13.7 Å². The lowest BCUT2D eigenvalue weighted by Crippen LogP contribution is -2.42. The minimum absolute atomic E-state index is 0.00204. The van der Waals surface area contributed by atoms with Crippen molar-refractivity contribution in [3.05, 3.63) is 53.1 Å². The number of carbonyl (C=O) groups excluding carboxylic acids is 1. The molecule has 0 fully saturated rings. The molecule has 1 N–H and O–H groups in total. The van der Waals surface area contributed by atoms with Crippen LogP contribution >= 0.6 is 0 Å². The summed E-state index contributed by atoms with van der Waals surface area (Å²) in [7, 11) is 1.63. The lowest BCUT2D eigenvalue weighted by Gasteiger charge is -2.38. The fraction of sp³-hybridized carbons (Fsp3) is 0.458. The van der Waals surface area contributed by atoms with Crippen LogP contribution in [0.5, 0.6) is 17.2 Å². The summed E-state index contributed by atoms with van der Waals surface area (Å²) in [5, 5.41) is 3.12. The van der Waals surface area contributed by atoms with Gasteiger partial charge in [0.15, 0.2) is 6.61 Å². The first kappa shape index (κ1) is 19.6. The molecule has 1 aliphatic heterocycles. The molecule has 1 amide bonds. The molecule has 0 bridgehead atoms. The van der Waals surface area contributed by atoms with Crippen LogP contribution in [0, 0.1) is 0 Å². The number of nitrogens with one attached hydrogen (secondary N) is 1. The Hall–Kier alpha value is -2.69. The van der Waals surface area contributed by atoms with Crippen molar-refractivity contribution in [3.8, 4) is 17.2 Å². The van der Waals surface area contributed by atoms with Crippen LogP contribution in [-0.4, -0.2) is 25.2 Å². The molecule has 0 unspecified atom stereocenters. The van der Waals surface area contributed by atoms with Crippen molar-refractivity contribution in [2.45, 2.75) is 57.6 Å². The minimum Gasteiger partial charge on any atom is -0.497 e. The lowest BCUT2D eigenvalue weighted by molar-refractivity contribution is -0.124. The molecule has 1 atom stereocenters. The predicted octanol–water partition coefficient (Wildman–Crippen LogP) is 4.37. The van der Waals surface area contributed by atoms with Gasteiger partial charge in [0.25, 0.3) is 5.91 Å². The molecule has 0 spiro atoms. The minimum atomic E-state index is -0.378. The maximum Gasteiger partial charge on any atom is 0.258 e. The molecule has 5 heteroatoms. The Labute approximate surface area is 172 Å². The van der Waals surface area contributed by atoms with Crippen molar-refractivity contribution in [2.24, 2.45) is 0 Å². The van der Waals surface area contributed by atoms with Gasteiger partial charge in [0.05, 0.1) is 13.2 Å². The van der Waals surface area contributed by atoms with Gasteiger partial charge >= 0.3 is 0 Å². The molecule has 0 saturated carbocycles. The number of ether oxygens (including phenoxy) is 3. The summed E-state index contributed by atoms with van der Waals surface area (Å²) in [4.78, 5) is 12.6. The quantitative estimate of drug-likeness (QED) is 0.817. The van der Waals surface area contributed by atoms with E-state index in [1.54, 1.807) is 7.11 Å². The number of rotatable bonds is 5. The van der Waals surface area contributed by atoms with Crippen LogP contribution in [0.15, 0.2) is 36.4 Å². The number of benzene rings is 2. The predicted molar refractivity (Wildman–Crippen MR) is 112 cm³/mol. The second kappa shape index (κ2) is 7.97. The Morgan fingerprint density at radius 2 is 1.86 bits per heavy atom. The van der Waals surface area contributed by atoms with Gasteiger partial charge in [-0.3, -0.25) is 4.79 Å². The third kappa shape index (κ3) is 4.50. The first-order valence-electron chi connectivity index (χ1n) is 10.3. The van der Waals surface area contributed by atoms with Gasteiger partial charge in [-0.25, -0.2) is 0 Å².